The molecule has 12 heteroatoms. The van der Waals surface area contributed by atoms with Gasteiger partial charge in [0.25, 0.3) is 0 Å². The van der Waals surface area contributed by atoms with E-state index in [9.17, 15) is 35.9 Å². The van der Waals surface area contributed by atoms with Gasteiger partial charge in [-0.3, -0.25) is 15.0 Å². The summed E-state index contributed by atoms with van der Waals surface area (Å²) >= 11 is 0. The molecule has 2 N–H and O–H groups in total. The Bertz CT molecular complexity index is 694. The van der Waals surface area contributed by atoms with Crippen LogP contribution in [-0.4, -0.2) is 56.9 Å². The van der Waals surface area contributed by atoms with Crippen LogP contribution in [0.4, 0.5) is 31.1 Å². The number of nitrogens with zero attached hydrogens (tertiary/aromatic N) is 1. The number of hydrogen-bond acceptors (Lipinski definition) is 4. The van der Waals surface area contributed by atoms with E-state index >= 15 is 0 Å². The molecule has 0 saturated carbocycles. The molecular formula is C17H21F6N3O3. The zero-order valence-corrected chi connectivity index (χ0v) is 15.7. The Labute approximate surface area is 163 Å². The smallest absolute Gasteiger partial charge is 0.383 e. The normalized spacial score (nSPS) is 13.3. The fourth-order valence-corrected chi connectivity index (χ4v) is 2.41. The Morgan fingerprint density at radius 1 is 1.17 bits per heavy atom. The number of imide groups is 1. The van der Waals surface area contributed by atoms with Gasteiger partial charge in [-0.25, -0.2) is 4.79 Å². The zero-order valence-electron chi connectivity index (χ0n) is 15.7. The van der Waals surface area contributed by atoms with E-state index in [-0.39, 0.29) is 19.6 Å². The first kappa shape index (κ1) is 24.7. The average Bonchev–Trinajstić information content (AvgIpc) is 2.61. The second kappa shape index (κ2) is 10.4. The zero-order chi connectivity index (χ0) is 22.2. The van der Waals surface area contributed by atoms with Crippen molar-refractivity contribution in [2.75, 3.05) is 33.9 Å². The van der Waals surface area contributed by atoms with E-state index in [0.29, 0.717) is 5.56 Å². The number of likely N-dealkylation sites (N-methyl/N-ethyl adjacent to an activating group) is 1. The molecular weight excluding hydrogens is 408 g/mol. The summed E-state index contributed by atoms with van der Waals surface area (Å²) in [5.41, 5.74) is -0.518. The molecule has 29 heavy (non-hydrogen) atoms. The van der Waals surface area contributed by atoms with E-state index in [1.807, 2.05) is 0 Å². The van der Waals surface area contributed by atoms with E-state index in [4.69, 9.17) is 4.74 Å². The Morgan fingerprint density at radius 3 is 2.38 bits per heavy atom. The number of halogens is 6. The van der Waals surface area contributed by atoms with Crippen molar-refractivity contribution >= 4 is 11.9 Å². The van der Waals surface area contributed by atoms with Gasteiger partial charge in [0.1, 0.15) is 6.54 Å². The van der Waals surface area contributed by atoms with Gasteiger partial charge in [0.15, 0.2) is 0 Å². The molecule has 164 valence electrons. The van der Waals surface area contributed by atoms with Gasteiger partial charge < -0.3 is 10.1 Å². The van der Waals surface area contributed by atoms with Crippen LogP contribution in [0.3, 0.4) is 0 Å². The second-order valence-electron chi connectivity index (χ2n) is 6.17. The highest BCUT2D eigenvalue weighted by molar-refractivity contribution is 5.94. The monoisotopic (exact) mass is 429 g/mol. The lowest BCUT2D eigenvalue weighted by Crippen LogP contribution is -2.44. The first-order valence-electron chi connectivity index (χ1n) is 8.34. The van der Waals surface area contributed by atoms with Gasteiger partial charge in [-0.1, -0.05) is 12.1 Å². The number of carbonyl (C=O) groups is 2. The first-order valence-corrected chi connectivity index (χ1v) is 8.34. The third-order valence-corrected chi connectivity index (χ3v) is 3.85. The number of methoxy groups -OCH3 is 1. The van der Waals surface area contributed by atoms with Gasteiger partial charge in [-0.05, 0) is 24.7 Å². The third kappa shape index (κ3) is 9.13. The van der Waals surface area contributed by atoms with Crippen LogP contribution in [0.25, 0.3) is 0 Å². The van der Waals surface area contributed by atoms with Crippen LogP contribution in [0.15, 0.2) is 24.3 Å². The minimum absolute atomic E-state index is 0.0165. The van der Waals surface area contributed by atoms with Crippen LogP contribution in [0, 0.1) is 0 Å². The van der Waals surface area contributed by atoms with E-state index in [0.717, 1.165) is 12.1 Å². The molecule has 1 unspecified atom stereocenters. The standard InChI is InChI=1S/C17H21F6N3O3/c1-26(7-6-14(27)25-15(28)24-10-16(18,19)20)13(9-29-2)11-4-3-5-12(8-11)17(21,22)23/h3-5,8,13H,6-7,9-10H2,1-2H3,(H2,24,25,27,28). The van der Waals surface area contributed by atoms with Crippen molar-refractivity contribution in [2.45, 2.75) is 24.8 Å². The number of rotatable bonds is 8. The molecule has 6 nitrogen and oxygen atoms in total. The molecule has 0 bridgehead atoms. The molecule has 0 aromatic heterocycles. The predicted molar refractivity (Wildman–Crippen MR) is 90.9 cm³/mol. The summed E-state index contributed by atoms with van der Waals surface area (Å²) < 4.78 is 79.9. The van der Waals surface area contributed by atoms with Gasteiger partial charge in [-0.15, -0.1) is 0 Å². The van der Waals surface area contributed by atoms with E-state index in [1.165, 1.54) is 24.6 Å². The van der Waals surface area contributed by atoms with Crippen molar-refractivity contribution in [3.63, 3.8) is 0 Å². The summed E-state index contributed by atoms with van der Waals surface area (Å²) in [6, 6.07) is 2.74. The maximum absolute atomic E-state index is 12.9. The molecule has 3 amide bonds. The topological polar surface area (TPSA) is 70.7 Å². The first-order chi connectivity index (χ1) is 13.3. The lowest BCUT2D eigenvalue weighted by atomic mass is 10.0. The minimum atomic E-state index is -4.61. The summed E-state index contributed by atoms with van der Waals surface area (Å²) in [5.74, 6) is -0.836. The van der Waals surface area contributed by atoms with Crippen molar-refractivity contribution in [3.05, 3.63) is 35.4 Å². The lowest BCUT2D eigenvalue weighted by Gasteiger charge is -2.28. The van der Waals surface area contributed by atoms with Crippen molar-refractivity contribution in [1.82, 2.24) is 15.5 Å². The largest absolute Gasteiger partial charge is 0.416 e. The van der Waals surface area contributed by atoms with Crippen LogP contribution in [0.5, 0.6) is 0 Å². The maximum Gasteiger partial charge on any atom is 0.416 e. The van der Waals surface area contributed by atoms with Gasteiger partial charge in [-0.2, -0.15) is 26.3 Å². The van der Waals surface area contributed by atoms with Gasteiger partial charge >= 0.3 is 18.4 Å². The van der Waals surface area contributed by atoms with E-state index < -0.39 is 42.4 Å². The molecule has 1 aromatic carbocycles. The van der Waals surface area contributed by atoms with E-state index in [1.54, 1.807) is 17.3 Å². The van der Waals surface area contributed by atoms with Crippen molar-refractivity contribution < 1.29 is 40.7 Å². The predicted octanol–water partition coefficient (Wildman–Crippen LogP) is 3.10. The molecule has 0 fully saturated rings. The summed E-state index contributed by atoms with van der Waals surface area (Å²) in [6.45, 7) is -1.54. The summed E-state index contributed by atoms with van der Waals surface area (Å²) in [4.78, 5) is 24.5. The second-order valence-corrected chi connectivity index (χ2v) is 6.17. The summed E-state index contributed by atoms with van der Waals surface area (Å²) in [7, 11) is 2.91. The summed E-state index contributed by atoms with van der Waals surface area (Å²) in [5, 5.41) is 3.25. The molecule has 0 aliphatic heterocycles. The quantitative estimate of drug-likeness (QED) is 0.624. The number of benzene rings is 1. The van der Waals surface area contributed by atoms with Crippen LogP contribution in [0.2, 0.25) is 0 Å². The number of hydrogen-bond donors (Lipinski definition) is 2. The molecule has 1 atom stereocenters. The van der Waals surface area contributed by atoms with Crippen LogP contribution >= 0.6 is 0 Å². The fourth-order valence-electron chi connectivity index (χ4n) is 2.41. The van der Waals surface area contributed by atoms with Crippen molar-refractivity contribution in [1.29, 1.82) is 0 Å². The molecule has 0 heterocycles. The fraction of sp³-hybridized carbons (Fsp3) is 0.529. The highest BCUT2D eigenvalue weighted by Crippen LogP contribution is 2.31. The number of carbonyl (C=O) groups excluding carboxylic acids is 2. The number of amides is 3. The summed E-state index contributed by atoms with van der Waals surface area (Å²) in [6.07, 6.45) is -9.40. The number of nitrogens with one attached hydrogen (secondary N) is 2. The molecule has 1 aromatic rings. The molecule has 0 radical (unpaired) electrons. The third-order valence-electron chi connectivity index (χ3n) is 3.85. The Hall–Kier alpha value is -2.34. The number of alkyl halides is 6. The SMILES string of the molecule is COCC(c1cccc(C(F)(F)F)c1)N(C)CCC(=O)NC(=O)NCC(F)(F)F. The van der Waals surface area contributed by atoms with Crippen molar-refractivity contribution in [3.8, 4) is 0 Å². The van der Waals surface area contributed by atoms with Crippen LogP contribution in [0.1, 0.15) is 23.6 Å². The Kier molecular flexibility index (Phi) is 8.89. The van der Waals surface area contributed by atoms with Crippen LogP contribution in [-0.2, 0) is 15.7 Å². The van der Waals surface area contributed by atoms with Gasteiger partial charge in [0.05, 0.1) is 18.2 Å². The lowest BCUT2D eigenvalue weighted by molar-refractivity contribution is -0.137. The maximum atomic E-state index is 12.9. The molecule has 0 spiro atoms. The highest BCUT2D eigenvalue weighted by Gasteiger charge is 2.31. The van der Waals surface area contributed by atoms with Crippen molar-refractivity contribution in [2.24, 2.45) is 0 Å². The van der Waals surface area contributed by atoms with Gasteiger partial charge in [0, 0.05) is 20.1 Å². The minimum Gasteiger partial charge on any atom is -0.383 e. The molecule has 0 aliphatic carbocycles. The highest BCUT2D eigenvalue weighted by atomic mass is 19.4. The molecule has 1 rings (SSSR count). The van der Waals surface area contributed by atoms with Gasteiger partial charge in [0.2, 0.25) is 5.91 Å². The average molecular weight is 429 g/mol. The Balaban J connectivity index is 2.68. The Morgan fingerprint density at radius 2 is 1.83 bits per heavy atom. The van der Waals surface area contributed by atoms with E-state index in [2.05, 4.69) is 0 Å². The number of ether oxygens (including phenoxy) is 1. The van der Waals surface area contributed by atoms with Crippen LogP contribution < -0.4 is 10.6 Å². The molecule has 0 aliphatic rings. The molecule has 0 saturated heterocycles. The number of urea groups is 1.